The third kappa shape index (κ3) is 3.44. The first-order valence-electron chi connectivity index (χ1n) is 9.31. The van der Waals surface area contributed by atoms with Crippen LogP contribution in [0.5, 0.6) is 0 Å². The van der Waals surface area contributed by atoms with Gasteiger partial charge in [0.15, 0.2) is 5.82 Å². The van der Waals surface area contributed by atoms with E-state index >= 15 is 0 Å². The van der Waals surface area contributed by atoms with Crippen LogP contribution < -0.4 is 0 Å². The van der Waals surface area contributed by atoms with Gasteiger partial charge in [-0.1, -0.05) is 6.07 Å². The van der Waals surface area contributed by atoms with Crippen LogP contribution in [0.2, 0.25) is 0 Å². The van der Waals surface area contributed by atoms with Crippen molar-refractivity contribution in [3.8, 4) is 22.6 Å². The summed E-state index contributed by atoms with van der Waals surface area (Å²) in [4.78, 5) is 20.5. The number of nitrogens with zero attached hydrogens (tertiary/aromatic N) is 5. The van der Waals surface area contributed by atoms with Crippen LogP contribution >= 0.6 is 11.3 Å². The second-order valence-corrected chi connectivity index (χ2v) is 7.67. The van der Waals surface area contributed by atoms with E-state index in [0.717, 1.165) is 48.8 Å². The fourth-order valence-electron chi connectivity index (χ4n) is 3.62. The summed E-state index contributed by atoms with van der Waals surface area (Å²) in [5.41, 5.74) is 6.92. The maximum Gasteiger partial charge on any atom is 0.159 e. The molecule has 0 radical (unpaired) electrons. The highest BCUT2D eigenvalue weighted by molar-refractivity contribution is 7.08. The fraction of sp³-hybridized carbons (Fsp3) is 0.182. The number of aromatic nitrogens is 4. The van der Waals surface area contributed by atoms with E-state index < -0.39 is 0 Å². The minimum absolute atomic E-state index is 0.779. The smallest absolute Gasteiger partial charge is 0.159 e. The third-order valence-corrected chi connectivity index (χ3v) is 5.71. The zero-order valence-electron chi connectivity index (χ0n) is 15.3. The summed E-state index contributed by atoms with van der Waals surface area (Å²) in [5, 5.41) is 4.26. The average molecular weight is 385 g/mol. The van der Waals surface area contributed by atoms with Crippen molar-refractivity contribution in [2.75, 3.05) is 6.54 Å². The lowest BCUT2D eigenvalue weighted by Gasteiger charge is -2.28. The molecule has 5 rings (SSSR count). The van der Waals surface area contributed by atoms with Crippen LogP contribution in [0.1, 0.15) is 16.8 Å². The predicted molar refractivity (Wildman–Crippen MR) is 111 cm³/mol. The Bertz CT molecular complexity index is 1080. The van der Waals surface area contributed by atoms with Crippen molar-refractivity contribution < 1.29 is 0 Å². The Kier molecular flexibility index (Phi) is 4.64. The molecule has 1 aliphatic rings. The summed E-state index contributed by atoms with van der Waals surface area (Å²) in [6, 6.07) is 10.2. The first-order chi connectivity index (χ1) is 13.9. The Morgan fingerprint density at radius 1 is 1.00 bits per heavy atom. The van der Waals surface area contributed by atoms with Gasteiger partial charge in [0.1, 0.15) is 0 Å². The highest BCUT2D eigenvalue weighted by Gasteiger charge is 2.20. The maximum absolute atomic E-state index is 4.81. The lowest BCUT2D eigenvalue weighted by molar-refractivity contribution is 0.243. The molecule has 0 spiro atoms. The van der Waals surface area contributed by atoms with E-state index in [9.17, 15) is 0 Å². The zero-order chi connectivity index (χ0) is 18.8. The first-order valence-corrected chi connectivity index (χ1v) is 10.2. The van der Waals surface area contributed by atoms with E-state index in [1.165, 1.54) is 16.7 Å². The van der Waals surface area contributed by atoms with Crippen LogP contribution in [0.4, 0.5) is 0 Å². The Morgan fingerprint density at radius 2 is 1.93 bits per heavy atom. The molecule has 0 fully saturated rings. The summed E-state index contributed by atoms with van der Waals surface area (Å²) in [5.74, 6) is 0.779. The lowest BCUT2D eigenvalue weighted by atomic mass is 10.0. The molecule has 0 amide bonds. The summed E-state index contributed by atoms with van der Waals surface area (Å²) >= 11 is 1.71. The molecule has 0 bridgehead atoms. The normalized spacial score (nSPS) is 14.0. The molecular weight excluding hydrogens is 366 g/mol. The molecule has 5 heterocycles. The number of rotatable bonds is 4. The molecule has 138 valence electrons. The maximum atomic E-state index is 4.81. The molecule has 0 N–H and O–H groups in total. The van der Waals surface area contributed by atoms with Gasteiger partial charge in [-0.05, 0) is 35.2 Å². The molecule has 0 saturated carbocycles. The molecule has 28 heavy (non-hydrogen) atoms. The summed E-state index contributed by atoms with van der Waals surface area (Å²) in [7, 11) is 0. The molecule has 0 aliphatic carbocycles. The van der Waals surface area contributed by atoms with Gasteiger partial charge in [-0.2, -0.15) is 11.3 Å². The second-order valence-electron chi connectivity index (χ2n) is 6.89. The number of hydrogen-bond donors (Lipinski definition) is 0. The van der Waals surface area contributed by atoms with Gasteiger partial charge in [-0.15, -0.1) is 0 Å². The van der Waals surface area contributed by atoms with Crippen LogP contribution in [0.15, 0.2) is 65.9 Å². The minimum atomic E-state index is 0.779. The Morgan fingerprint density at radius 3 is 2.79 bits per heavy atom. The molecule has 5 nitrogen and oxygen atoms in total. The molecule has 4 aromatic rings. The van der Waals surface area contributed by atoms with Crippen molar-refractivity contribution in [1.82, 2.24) is 24.8 Å². The standard InChI is InChI=1S/C22H19N5S/c1-2-17(21(24-7-1)18-6-11-28-15-18)13-27-10-5-20-19(14-27)12-25-22(26-20)16-3-8-23-9-4-16/h1-4,6-9,11-12,15H,5,10,13-14H2. The molecule has 0 saturated heterocycles. The molecule has 0 aromatic carbocycles. The lowest BCUT2D eigenvalue weighted by Crippen LogP contribution is -2.31. The van der Waals surface area contributed by atoms with Gasteiger partial charge in [-0.3, -0.25) is 14.9 Å². The summed E-state index contributed by atoms with van der Waals surface area (Å²) in [6.45, 7) is 2.73. The highest BCUT2D eigenvalue weighted by atomic mass is 32.1. The number of fused-ring (bicyclic) bond motifs is 1. The summed E-state index contributed by atoms with van der Waals surface area (Å²) < 4.78 is 0. The Labute approximate surface area is 167 Å². The van der Waals surface area contributed by atoms with Crippen molar-refractivity contribution >= 4 is 11.3 Å². The van der Waals surface area contributed by atoms with Crippen molar-refractivity contribution in [2.45, 2.75) is 19.5 Å². The molecular formula is C22H19N5S. The SMILES string of the molecule is c1cnc(-c2ccsc2)c(CN2CCc3nc(-c4ccncc4)ncc3C2)c1. The van der Waals surface area contributed by atoms with E-state index in [-0.39, 0.29) is 0 Å². The zero-order valence-corrected chi connectivity index (χ0v) is 16.1. The van der Waals surface area contributed by atoms with Gasteiger partial charge in [0.05, 0.1) is 11.4 Å². The first kappa shape index (κ1) is 17.2. The monoisotopic (exact) mass is 385 g/mol. The van der Waals surface area contributed by atoms with Crippen LogP contribution in [0, 0.1) is 0 Å². The fourth-order valence-corrected chi connectivity index (χ4v) is 4.26. The van der Waals surface area contributed by atoms with E-state index in [0.29, 0.717) is 0 Å². The summed E-state index contributed by atoms with van der Waals surface area (Å²) in [6.07, 6.45) is 8.34. The van der Waals surface area contributed by atoms with E-state index in [2.05, 4.69) is 42.7 Å². The number of hydrogen-bond acceptors (Lipinski definition) is 6. The molecule has 1 aliphatic heterocycles. The van der Waals surface area contributed by atoms with Crippen LogP contribution in [0.3, 0.4) is 0 Å². The van der Waals surface area contributed by atoms with E-state index in [1.807, 2.05) is 30.6 Å². The largest absolute Gasteiger partial charge is 0.294 e. The third-order valence-electron chi connectivity index (χ3n) is 5.03. The average Bonchev–Trinajstić information content (AvgIpc) is 3.29. The highest BCUT2D eigenvalue weighted by Crippen LogP contribution is 2.27. The van der Waals surface area contributed by atoms with Gasteiger partial charge in [0.2, 0.25) is 0 Å². The predicted octanol–water partition coefficient (Wildman–Crippen LogP) is 4.22. The Hall–Kier alpha value is -2.96. The van der Waals surface area contributed by atoms with Gasteiger partial charge in [0.25, 0.3) is 0 Å². The van der Waals surface area contributed by atoms with Gasteiger partial charge >= 0.3 is 0 Å². The van der Waals surface area contributed by atoms with Crippen molar-refractivity contribution in [2.24, 2.45) is 0 Å². The van der Waals surface area contributed by atoms with Crippen LogP contribution in [-0.4, -0.2) is 31.4 Å². The van der Waals surface area contributed by atoms with E-state index in [1.54, 1.807) is 23.7 Å². The van der Waals surface area contributed by atoms with Crippen LogP contribution in [-0.2, 0) is 19.5 Å². The van der Waals surface area contributed by atoms with Crippen LogP contribution in [0.25, 0.3) is 22.6 Å². The van der Waals surface area contributed by atoms with Gasteiger partial charge < -0.3 is 0 Å². The van der Waals surface area contributed by atoms with Crippen molar-refractivity contribution in [3.05, 3.63) is 82.7 Å². The van der Waals surface area contributed by atoms with Gasteiger partial charge in [-0.25, -0.2) is 9.97 Å². The molecule has 4 aromatic heterocycles. The van der Waals surface area contributed by atoms with Gasteiger partial charge in [0, 0.05) is 72.9 Å². The number of thiophene rings is 1. The van der Waals surface area contributed by atoms with Crippen molar-refractivity contribution in [1.29, 1.82) is 0 Å². The molecule has 0 atom stereocenters. The number of pyridine rings is 2. The Balaban J connectivity index is 1.36. The van der Waals surface area contributed by atoms with E-state index in [4.69, 9.17) is 4.98 Å². The second kappa shape index (κ2) is 7.58. The van der Waals surface area contributed by atoms with Crippen molar-refractivity contribution in [3.63, 3.8) is 0 Å². The minimum Gasteiger partial charge on any atom is -0.294 e. The topological polar surface area (TPSA) is 54.8 Å². The molecule has 6 heteroatoms. The quantitative estimate of drug-likeness (QED) is 0.526. The molecule has 0 unspecified atom stereocenters.